The van der Waals surface area contributed by atoms with E-state index >= 15 is 0 Å². The molecule has 8 heteroatoms. The van der Waals surface area contributed by atoms with Crippen molar-refractivity contribution in [2.24, 2.45) is 5.10 Å². The van der Waals surface area contributed by atoms with Gasteiger partial charge in [-0.3, -0.25) is 0 Å². The molecule has 0 aliphatic rings. The highest BCUT2D eigenvalue weighted by molar-refractivity contribution is 7.89. The monoisotopic (exact) mass is 326 g/mol. The quantitative estimate of drug-likeness (QED) is 0.682. The summed E-state index contributed by atoms with van der Waals surface area (Å²) < 4.78 is 23.3. The minimum atomic E-state index is -3.71. The van der Waals surface area contributed by atoms with Gasteiger partial charge >= 0.3 is 0 Å². The van der Waals surface area contributed by atoms with E-state index in [-0.39, 0.29) is 14.4 Å². The molecule has 0 fully saturated rings. The van der Waals surface area contributed by atoms with E-state index in [1.807, 2.05) is 11.8 Å². The lowest BCUT2D eigenvalue weighted by Crippen LogP contribution is -2.18. The first-order valence-electron chi connectivity index (χ1n) is 4.65. The lowest BCUT2D eigenvalue weighted by atomic mass is 10.2. The second-order valence-electron chi connectivity index (χ2n) is 3.27. The molecule has 98 valence electrons. The van der Waals surface area contributed by atoms with Crippen molar-refractivity contribution in [1.82, 2.24) is 4.83 Å². The Balaban J connectivity index is 2.84. The molecular formula is C10H9Cl3N2O2S. The van der Waals surface area contributed by atoms with E-state index in [1.165, 1.54) is 12.1 Å². The molecule has 1 N–H and O–H groups in total. The van der Waals surface area contributed by atoms with Gasteiger partial charge in [0.25, 0.3) is 10.0 Å². The van der Waals surface area contributed by atoms with Crippen molar-refractivity contribution in [1.29, 1.82) is 0 Å². The molecule has 0 heterocycles. The molecular weight excluding hydrogens is 319 g/mol. The van der Waals surface area contributed by atoms with E-state index in [0.717, 1.165) is 11.8 Å². The average Bonchev–Trinajstić information content (AvgIpc) is 2.29. The fraction of sp³-hybridized carbons (Fsp3) is 0.100. The van der Waals surface area contributed by atoms with Crippen LogP contribution in [-0.2, 0) is 10.0 Å². The minimum absolute atomic E-state index is 0.0649. The Morgan fingerprint density at radius 2 is 1.78 bits per heavy atom. The maximum atomic E-state index is 11.7. The zero-order valence-corrected chi connectivity index (χ0v) is 12.3. The highest BCUT2D eigenvalue weighted by Crippen LogP contribution is 2.15. The summed E-state index contributed by atoms with van der Waals surface area (Å²) in [6.45, 7) is 1.86. The van der Waals surface area contributed by atoms with Crippen LogP contribution in [0.5, 0.6) is 0 Å². The second kappa shape index (κ2) is 6.43. The largest absolute Gasteiger partial charge is 0.276 e. The van der Waals surface area contributed by atoms with Gasteiger partial charge in [0.15, 0.2) is 0 Å². The van der Waals surface area contributed by atoms with Crippen LogP contribution in [0.3, 0.4) is 0 Å². The summed E-state index contributed by atoms with van der Waals surface area (Å²) in [5, 5.41) is 3.38. The highest BCUT2D eigenvalue weighted by atomic mass is 35.5. The normalized spacial score (nSPS) is 11.6. The van der Waals surface area contributed by atoms with Crippen molar-refractivity contribution in [2.45, 2.75) is 11.8 Å². The number of hydrogen-bond acceptors (Lipinski definition) is 3. The summed E-state index contributed by atoms with van der Waals surface area (Å²) in [6, 6.07) is 6.31. The Morgan fingerprint density at radius 1 is 1.22 bits per heavy atom. The number of allylic oxidation sites excluding steroid dienone is 1. The van der Waals surface area contributed by atoms with E-state index in [0.29, 0.717) is 0 Å². The molecule has 0 aliphatic heterocycles. The average molecular weight is 328 g/mol. The van der Waals surface area contributed by atoms with Crippen molar-refractivity contribution in [3.05, 3.63) is 39.4 Å². The minimum Gasteiger partial charge on any atom is -0.200 e. The molecule has 0 saturated carbocycles. The molecule has 0 unspecified atom stereocenters. The number of benzene rings is 1. The van der Waals surface area contributed by atoms with Crippen LogP contribution in [0.4, 0.5) is 0 Å². The Kier molecular flexibility index (Phi) is 5.47. The number of sulfonamides is 1. The number of nitrogens with zero attached hydrogens (tertiary/aromatic N) is 1. The predicted octanol–water partition coefficient (Wildman–Crippen LogP) is 3.14. The van der Waals surface area contributed by atoms with Crippen molar-refractivity contribution < 1.29 is 8.42 Å². The maximum absolute atomic E-state index is 11.7. The summed E-state index contributed by atoms with van der Waals surface area (Å²) in [5.74, 6) is 0. The topological polar surface area (TPSA) is 58.5 Å². The standard InChI is InChI=1S/C10H9Cl3N2O2S/c1-7-2-4-8(5-3-7)18(16,17)15-14-6-9(11)10(12)13/h2-6,15H,1H3/b14-6+. The van der Waals surface area contributed by atoms with Gasteiger partial charge in [0.1, 0.15) is 4.49 Å². The Labute approximate surface area is 120 Å². The van der Waals surface area contributed by atoms with Crippen molar-refractivity contribution in [3.8, 4) is 0 Å². The Bertz CT molecular complexity index is 576. The van der Waals surface area contributed by atoms with Gasteiger partial charge in [-0.25, -0.2) is 4.83 Å². The van der Waals surface area contributed by atoms with Gasteiger partial charge in [-0.2, -0.15) is 13.5 Å². The summed E-state index contributed by atoms with van der Waals surface area (Å²) in [4.78, 5) is 2.09. The zero-order chi connectivity index (χ0) is 13.8. The molecule has 0 aliphatic carbocycles. The predicted molar refractivity (Wildman–Crippen MR) is 74.6 cm³/mol. The van der Waals surface area contributed by atoms with Crippen LogP contribution < -0.4 is 4.83 Å². The Morgan fingerprint density at radius 3 is 2.28 bits per heavy atom. The van der Waals surface area contributed by atoms with Crippen molar-refractivity contribution in [2.75, 3.05) is 0 Å². The SMILES string of the molecule is Cc1ccc(S(=O)(=O)N/N=C/C(Cl)=C(Cl)Cl)cc1. The first kappa shape index (κ1) is 15.3. The number of hydrazone groups is 1. The van der Waals surface area contributed by atoms with Gasteiger partial charge in [-0.15, -0.1) is 0 Å². The molecule has 0 spiro atoms. The summed E-state index contributed by atoms with van der Waals surface area (Å²) in [5.41, 5.74) is 0.956. The van der Waals surface area contributed by atoms with Crippen LogP contribution >= 0.6 is 34.8 Å². The number of aryl methyl sites for hydroxylation is 1. The number of halogens is 3. The fourth-order valence-electron chi connectivity index (χ4n) is 0.971. The molecule has 1 rings (SSSR count). The molecule has 1 aromatic carbocycles. The third-order valence-corrected chi connectivity index (χ3v) is 3.99. The molecule has 1 aromatic rings. The van der Waals surface area contributed by atoms with Gasteiger partial charge in [0, 0.05) is 0 Å². The van der Waals surface area contributed by atoms with Crippen LogP contribution in [0.25, 0.3) is 0 Å². The molecule has 0 amide bonds. The molecule has 0 aromatic heterocycles. The van der Waals surface area contributed by atoms with Crippen LogP contribution in [0.2, 0.25) is 0 Å². The Hall–Kier alpha value is -0.750. The van der Waals surface area contributed by atoms with Crippen molar-refractivity contribution >= 4 is 51.0 Å². The van der Waals surface area contributed by atoms with E-state index in [4.69, 9.17) is 34.8 Å². The third kappa shape index (κ3) is 4.49. The maximum Gasteiger partial charge on any atom is 0.276 e. The van der Waals surface area contributed by atoms with Crippen LogP contribution in [0.1, 0.15) is 5.56 Å². The van der Waals surface area contributed by atoms with Crippen LogP contribution in [-0.4, -0.2) is 14.6 Å². The summed E-state index contributed by atoms with van der Waals surface area (Å²) in [6.07, 6.45) is 1.00. The van der Waals surface area contributed by atoms with E-state index in [9.17, 15) is 8.42 Å². The lowest BCUT2D eigenvalue weighted by molar-refractivity contribution is 0.584. The molecule has 0 atom stereocenters. The first-order valence-corrected chi connectivity index (χ1v) is 7.27. The van der Waals surface area contributed by atoms with E-state index in [1.54, 1.807) is 12.1 Å². The molecule has 4 nitrogen and oxygen atoms in total. The zero-order valence-electron chi connectivity index (χ0n) is 9.19. The number of hydrogen-bond donors (Lipinski definition) is 1. The van der Waals surface area contributed by atoms with Gasteiger partial charge in [-0.05, 0) is 19.1 Å². The van der Waals surface area contributed by atoms with E-state index < -0.39 is 10.0 Å². The molecule has 0 radical (unpaired) electrons. The van der Waals surface area contributed by atoms with Gasteiger partial charge in [0.2, 0.25) is 0 Å². The second-order valence-corrected chi connectivity index (χ2v) is 6.29. The van der Waals surface area contributed by atoms with Crippen LogP contribution in [0, 0.1) is 6.92 Å². The van der Waals surface area contributed by atoms with Gasteiger partial charge < -0.3 is 0 Å². The molecule has 18 heavy (non-hydrogen) atoms. The summed E-state index contributed by atoms with van der Waals surface area (Å²) in [7, 11) is -3.71. The number of nitrogens with one attached hydrogen (secondary N) is 1. The molecule has 0 bridgehead atoms. The first-order chi connectivity index (χ1) is 8.33. The summed E-state index contributed by atoms with van der Waals surface area (Å²) >= 11 is 16.3. The molecule has 0 saturated heterocycles. The lowest BCUT2D eigenvalue weighted by Gasteiger charge is -2.03. The van der Waals surface area contributed by atoms with Crippen LogP contribution in [0.15, 0.2) is 43.8 Å². The highest BCUT2D eigenvalue weighted by Gasteiger charge is 2.11. The third-order valence-electron chi connectivity index (χ3n) is 1.86. The smallest absolute Gasteiger partial charge is 0.200 e. The van der Waals surface area contributed by atoms with E-state index in [2.05, 4.69) is 5.10 Å². The fourth-order valence-corrected chi connectivity index (χ4v) is 1.91. The van der Waals surface area contributed by atoms with Crippen molar-refractivity contribution in [3.63, 3.8) is 0 Å². The number of rotatable bonds is 4. The van der Waals surface area contributed by atoms with Gasteiger partial charge in [0.05, 0.1) is 16.1 Å². The van der Waals surface area contributed by atoms with Gasteiger partial charge in [-0.1, -0.05) is 52.5 Å².